The third-order valence-corrected chi connectivity index (χ3v) is 4.51. The normalized spacial score (nSPS) is 16.6. The second-order valence-corrected chi connectivity index (χ2v) is 6.42. The van der Waals surface area contributed by atoms with Crippen molar-refractivity contribution in [1.29, 1.82) is 0 Å². The van der Waals surface area contributed by atoms with Gasteiger partial charge in [-0.05, 0) is 49.1 Å². The Labute approximate surface area is 135 Å². The molecule has 1 saturated carbocycles. The molecule has 0 aliphatic heterocycles. The van der Waals surface area contributed by atoms with Crippen molar-refractivity contribution in [1.82, 2.24) is 5.32 Å². The molecule has 1 unspecified atom stereocenters. The Kier molecular flexibility index (Phi) is 4.09. The van der Waals surface area contributed by atoms with Crippen molar-refractivity contribution in [3.63, 3.8) is 0 Å². The fourth-order valence-electron chi connectivity index (χ4n) is 2.95. The van der Waals surface area contributed by atoms with E-state index in [1.807, 2.05) is 37.3 Å². The van der Waals surface area contributed by atoms with Crippen LogP contribution >= 0.6 is 0 Å². The first-order chi connectivity index (χ1) is 11.0. The summed E-state index contributed by atoms with van der Waals surface area (Å²) >= 11 is 0. The van der Waals surface area contributed by atoms with Gasteiger partial charge in [0.05, 0.1) is 6.10 Å². The van der Waals surface area contributed by atoms with Crippen LogP contribution in [0.25, 0.3) is 0 Å². The van der Waals surface area contributed by atoms with Crippen LogP contribution in [0.1, 0.15) is 40.4 Å². The number of phenols is 1. The van der Waals surface area contributed by atoms with Crippen LogP contribution in [-0.2, 0) is 0 Å². The summed E-state index contributed by atoms with van der Waals surface area (Å²) in [4.78, 5) is 12.3. The molecule has 1 atom stereocenters. The Morgan fingerprint density at radius 3 is 2.52 bits per heavy atom. The van der Waals surface area contributed by atoms with Crippen LogP contribution in [0.15, 0.2) is 48.5 Å². The van der Waals surface area contributed by atoms with Gasteiger partial charge >= 0.3 is 0 Å². The molecule has 0 spiro atoms. The lowest BCUT2D eigenvalue weighted by Crippen LogP contribution is -2.33. The summed E-state index contributed by atoms with van der Waals surface area (Å²) in [6, 6.07) is 14.3. The predicted octanol–water partition coefficient (Wildman–Crippen LogP) is 2.94. The summed E-state index contributed by atoms with van der Waals surface area (Å²) in [6.07, 6.45) is 1.21. The highest BCUT2D eigenvalue weighted by atomic mass is 16.3. The van der Waals surface area contributed by atoms with Gasteiger partial charge in [-0.2, -0.15) is 0 Å². The van der Waals surface area contributed by atoms with Crippen LogP contribution in [0.4, 0.5) is 0 Å². The summed E-state index contributed by atoms with van der Waals surface area (Å²) < 4.78 is 0. The number of hydrogen-bond acceptors (Lipinski definition) is 3. The molecule has 0 bridgehead atoms. The lowest BCUT2D eigenvalue weighted by atomic mass is 9.92. The van der Waals surface area contributed by atoms with E-state index in [0.29, 0.717) is 12.1 Å². The van der Waals surface area contributed by atoms with E-state index in [1.54, 1.807) is 12.1 Å². The van der Waals surface area contributed by atoms with Gasteiger partial charge in [-0.1, -0.05) is 30.3 Å². The Balaban J connectivity index is 1.67. The Morgan fingerprint density at radius 2 is 1.91 bits per heavy atom. The molecule has 1 fully saturated rings. The van der Waals surface area contributed by atoms with Crippen molar-refractivity contribution >= 4 is 5.91 Å². The molecule has 4 heteroatoms. The van der Waals surface area contributed by atoms with Crippen LogP contribution in [0.2, 0.25) is 0 Å². The van der Waals surface area contributed by atoms with Crippen molar-refractivity contribution in [2.45, 2.75) is 25.9 Å². The highest BCUT2D eigenvalue weighted by Gasteiger charge is 2.49. The van der Waals surface area contributed by atoms with Gasteiger partial charge in [0.25, 0.3) is 5.91 Å². The second-order valence-electron chi connectivity index (χ2n) is 6.42. The smallest absolute Gasteiger partial charge is 0.251 e. The standard InChI is InChI=1S/C19H21NO3/c1-13-9-15(11-16(21)10-13)18(23)20-12-19(7-8-19)17(22)14-5-3-2-4-6-14/h2-6,9-11,17,21-22H,7-8,12H2,1H3,(H,20,23). The van der Waals surface area contributed by atoms with Crippen molar-refractivity contribution in [3.05, 3.63) is 65.2 Å². The number of benzene rings is 2. The molecule has 0 aromatic heterocycles. The van der Waals surface area contributed by atoms with E-state index in [2.05, 4.69) is 5.32 Å². The van der Waals surface area contributed by atoms with Crippen molar-refractivity contribution in [3.8, 4) is 5.75 Å². The molecule has 2 aromatic rings. The quantitative estimate of drug-likeness (QED) is 0.795. The number of aliphatic hydroxyl groups is 1. The zero-order valence-corrected chi connectivity index (χ0v) is 13.1. The molecule has 3 N–H and O–H groups in total. The lowest BCUT2D eigenvalue weighted by Gasteiger charge is -2.23. The van der Waals surface area contributed by atoms with Crippen LogP contribution < -0.4 is 5.32 Å². The molecule has 1 aliphatic carbocycles. The van der Waals surface area contributed by atoms with Crippen molar-refractivity contribution in [2.75, 3.05) is 6.54 Å². The largest absolute Gasteiger partial charge is 0.508 e. The third-order valence-electron chi connectivity index (χ3n) is 4.51. The highest BCUT2D eigenvalue weighted by Crippen LogP contribution is 2.54. The first-order valence-corrected chi connectivity index (χ1v) is 7.82. The molecule has 1 amide bonds. The topological polar surface area (TPSA) is 69.6 Å². The van der Waals surface area contributed by atoms with Gasteiger partial charge in [0.2, 0.25) is 0 Å². The molecular formula is C19H21NO3. The number of aryl methyl sites for hydroxylation is 1. The van der Waals surface area contributed by atoms with Gasteiger partial charge in [-0.15, -0.1) is 0 Å². The molecule has 0 saturated heterocycles. The van der Waals surface area contributed by atoms with E-state index >= 15 is 0 Å². The number of aromatic hydroxyl groups is 1. The lowest BCUT2D eigenvalue weighted by molar-refractivity contribution is 0.0807. The number of nitrogens with one attached hydrogen (secondary N) is 1. The average Bonchev–Trinajstić information content (AvgIpc) is 3.33. The zero-order chi connectivity index (χ0) is 16.4. The zero-order valence-electron chi connectivity index (χ0n) is 13.1. The summed E-state index contributed by atoms with van der Waals surface area (Å²) in [5.41, 5.74) is 1.88. The summed E-state index contributed by atoms with van der Waals surface area (Å²) in [5, 5.41) is 23.1. The number of carbonyl (C=O) groups excluding carboxylic acids is 1. The third kappa shape index (κ3) is 3.37. The summed E-state index contributed by atoms with van der Waals surface area (Å²) in [7, 11) is 0. The Hall–Kier alpha value is -2.33. The maximum atomic E-state index is 12.3. The molecule has 1 aliphatic rings. The SMILES string of the molecule is Cc1cc(O)cc(C(=O)NCC2(C(O)c3ccccc3)CC2)c1. The Bertz CT molecular complexity index is 688. The number of amides is 1. The van der Waals surface area contributed by atoms with Crippen LogP contribution in [0.5, 0.6) is 5.75 Å². The van der Waals surface area contributed by atoms with Crippen LogP contribution in [-0.4, -0.2) is 22.7 Å². The molecule has 4 nitrogen and oxygen atoms in total. The van der Waals surface area contributed by atoms with Gasteiger partial charge < -0.3 is 15.5 Å². The van der Waals surface area contributed by atoms with Crippen LogP contribution in [0, 0.1) is 12.3 Å². The van der Waals surface area contributed by atoms with Gasteiger partial charge in [-0.3, -0.25) is 4.79 Å². The molecule has 3 rings (SSSR count). The van der Waals surface area contributed by atoms with E-state index in [9.17, 15) is 15.0 Å². The van der Waals surface area contributed by atoms with Crippen LogP contribution in [0.3, 0.4) is 0 Å². The van der Waals surface area contributed by atoms with E-state index in [-0.39, 0.29) is 17.1 Å². The maximum Gasteiger partial charge on any atom is 0.251 e. The van der Waals surface area contributed by atoms with E-state index < -0.39 is 6.10 Å². The molecular weight excluding hydrogens is 290 g/mol. The fourth-order valence-corrected chi connectivity index (χ4v) is 2.95. The van der Waals surface area contributed by atoms with Gasteiger partial charge in [-0.25, -0.2) is 0 Å². The van der Waals surface area contributed by atoms with Gasteiger partial charge in [0.1, 0.15) is 5.75 Å². The summed E-state index contributed by atoms with van der Waals surface area (Å²) in [6.45, 7) is 2.26. The van der Waals surface area contributed by atoms with E-state index in [4.69, 9.17) is 0 Å². The highest BCUT2D eigenvalue weighted by molar-refractivity contribution is 5.94. The van der Waals surface area contributed by atoms with E-state index in [0.717, 1.165) is 24.0 Å². The minimum atomic E-state index is -0.574. The fraction of sp³-hybridized carbons (Fsp3) is 0.316. The molecule has 0 radical (unpaired) electrons. The minimum absolute atomic E-state index is 0.0839. The number of rotatable bonds is 5. The number of phenolic OH excluding ortho intramolecular Hbond substituents is 1. The van der Waals surface area contributed by atoms with E-state index in [1.165, 1.54) is 6.07 Å². The molecule has 2 aromatic carbocycles. The number of carbonyl (C=O) groups is 1. The van der Waals surface area contributed by atoms with Gasteiger partial charge in [0.15, 0.2) is 0 Å². The van der Waals surface area contributed by atoms with Gasteiger partial charge in [0, 0.05) is 17.5 Å². The maximum absolute atomic E-state index is 12.3. The average molecular weight is 311 g/mol. The molecule has 0 heterocycles. The minimum Gasteiger partial charge on any atom is -0.508 e. The first-order valence-electron chi connectivity index (χ1n) is 7.82. The first kappa shape index (κ1) is 15.6. The molecule has 23 heavy (non-hydrogen) atoms. The molecule has 120 valence electrons. The Morgan fingerprint density at radius 1 is 1.22 bits per heavy atom. The van der Waals surface area contributed by atoms with Crippen molar-refractivity contribution in [2.24, 2.45) is 5.41 Å². The monoisotopic (exact) mass is 311 g/mol. The predicted molar refractivity (Wildman–Crippen MR) is 88.2 cm³/mol. The number of aliphatic hydroxyl groups excluding tert-OH is 1. The summed E-state index contributed by atoms with van der Waals surface area (Å²) in [5.74, 6) is -0.142. The second kappa shape index (κ2) is 6.05. The number of hydrogen-bond donors (Lipinski definition) is 3. The van der Waals surface area contributed by atoms with Crippen molar-refractivity contribution < 1.29 is 15.0 Å².